The molecule has 5 heterocycles. The van der Waals surface area contributed by atoms with Crippen molar-refractivity contribution in [1.82, 2.24) is 24.7 Å². The Morgan fingerprint density at radius 2 is 1.59 bits per heavy atom. The zero-order valence-electron chi connectivity index (χ0n) is 23.6. The number of amides is 3. The third-order valence-corrected chi connectivity index (χ3v) is 9.39. The van der Waals surface area contributed by atoms with Gasteiger partial charge in [0.2, 0.25) is 0 Å². The maximum atomic E-state index is 13.4. The molecule has 3 aliphatic heterocycles. The Labute approximate surface area is 244 Å². The number of rotatable bonds is 5. The summed E-state index contributed by atoms with van der Waals surface area (Å²) in [7, 11) is 3.26. The highest BCUT2D eigenvalue weighted by Crippen LogP contribution is 2.34. The van der Waals surface area contributed by atoms with Crippen LogP contribution in [0.3, 0.4) is 0 Å². The molecule has 11 heteroatoms. The van der Waals surface area contributed by atoms with Crippen LogP contribution in [0.4, 0.5) is 10.6 Å². The first-order valence-corrected chi connectivity index (χ1v) is 15.1. The van der Waals surface area contributed by atoms with E-state index >= 15 is 0 Å². The molecule has 2 aromatic heterocycles. The maximum Gasteiger partial charge on any atom is 0.320 e. The van der Waals surface area contributed by atoms with Crippen LogP contribution in [0, 0.1) is 0 Å². The third-order valence-electron chi connectivity index (χ3n) is 8.38. The quantitative estimate of drug-likeness (QED) is 0.455. The minimum Gasteiger partial charge on any atom is -0.493 e. The Morgan fingerprint density at radius 3 is 2.27 bits per heavy atom. The SMILES string of the molecule is COc1cc2c(cc1OC)CN(C(=O)c1csc(C3CCN(C(=O)N4CCN(c5ccccn5)CC4)CC3)n1)CC2. The van der Waals surface area contributed by atoms with E-state index in [-0.39, 0.29) is 17.9 Å². The Bertz CT molecular complexity index is 1380. The molecule has 6 rings (SSSR count). The summed E-state index contributed by atoms with van der Waals surface area (Å²) in [5, 5.41) is 2.88. The standard InChI is InChI=1S/C30H36N6O4S/c1-39-25-17-22-8-12-36(19-23(22)18-26(25)40-2)29(37)24-20-41-28(32-24)21-6-10-34(11-7-21)30(38)35-15-13-33(14-16-35)27-5-3-4-9-31-27/h3-5,9,17-18,20-21H,6-8,10-16,19H2,1-2H3. The lowest BCUT2D eigenvalue weighted by Gasteiger charge is -2.39. The van der Waals surface area contributed by atoms with Crippen LogP contribution in [0.25, 0.3) is 0 Å². The van der Waals surface area contributed by atoms with Gasteiger partial charge in [0.1, 0.15) is 11.5 Å². The molecule has 216 valence electrons. The van der Waals surface area contributed by atoms with Crippen LogP contribution in [0.2, 0.25) is 0 Å². The minimum atomic E-state index is -0.0367. The smallest absolute Gasteiger partial charge is 0.320 e. The molecule has 2 saturated heterocycles. The Kier molecular flexibility index (Phi) is 7.95. The third kappa shape index (κ3) is 5.68. The van der Waals surface area contributed by atoms with E-state index in [1.165, 1.54) is 5.56 Å². The Morgan fingerprint density at radius 1 is 0.878 bits per heavy atom. The molecule has 0 bridgehead atoms. The van der Waals surface area contributed by atoms with Gasteiger partial charge in [-0.2, -0.15) is 0 Å². The van der Waals surface area contributed by atoms with Crippen molar-refractivity contribution in [2.75, 3.05) is 64.9 Å². The molecule has 0 radical (unpaired) electrons. The number of ether oxygens (including phenoxy) is 2. The van der Waals surface area contributed by atoms with Crippen molar-refractivity contribution in [3.8, 4) is 11.5 Å². The molecule has 0 spiro atoms. The van der Waals surface area contributed by atoms with Gasteiger partial charge in [-0.3, -0.25) is 4.79 Å². The van der Waals surface area contributed by atoms with E-state index in [0.29, 0.717) is 56.5 Å². The number of aromatic nitrogens is 2. The van der Waals surface area contributed by atoms with Gasteiger partial charge < -0.3 is 29.1 Å². The van der Waals surface area contributed by atoms with Gasteiger partial charge in [0, 0.05) is 69.9 Å². The molecule has 2 fully saturated rings. The van der Waals surface area contributed by atoms with Gasteiger partial charge in [0.25, 0.3) is 5.91 Å². The van der Waals surface area contributed by atoms with Crippen LogP contribution >= 0.6 is 11.3 Å². The van der Waals surface area contributed by atoms with Crippen molar-refractivity contribution in [3.05, 3.63) is 63.7 Å². The van der Waals surface area contributed by atoms with E-state index in [2.05, 4.69) is 9.88 Å². The van der Waals surface area contributed by atoms with Crippen molar-refractivity contribution in [3.63, 3.8) is 0 Å². The number of piperazine rings is 1. The first-order chi connectivity index (χ1) is 20.0. The molecule has 0 unspecified atom stereocenters. The minimum absolute atomic E-state index is 0.0367. The number of hydrogen-bond donors (Lipinski definition) is 0. The molecule has 0 N–H and O–H groups in total. The zero-order valence-corrected chi connectivity index (χ0v) is 24.4. The van der Waals surface area contributed by atoms with Crippen LogP contribution in [0.1, 0.15) is 45.4 Å². The number of piperidine rings is 1. The lowest BCUT2D eigenvalue weighted by molar-refractivity contribution is 0.0729. The fourth-order valence-electron chi connectivity index (χ4n) is 5.98. The molecule has 3 aromatic rings. The molecule has 1 aromatic carbocycles. The fourth-order valence-corrected chi connectivity index (χ4v) is 6.94. The van der Waals surface area contributed by atoms with E-state index in [1.807, 2.05) is 50.4 Å². The molecule has 3 aliphatic rings. The number of hydrogen-bond acceptors (Lipinski definition) is 8. The van der Waals surface area contributed by atoms with Gasteiger partial charge in [-0.25, -0.2) is 14.8 Å². The summed E-state index contributed by atoms with van der Waals surface area (Å²) in [5.41, 5.74) is 2.77. The number of carbonyl (C=O) groups excluding carboxylic acids is 2. The van der Waals surface area contributed by atoms with Crippen LogP contribution in [0.5, 0.6) is 11.5 Å². The van der Waals surface area contributed by atoms with Crippen LogP contribution in [-0.4, -0.2) is 96.6 Å². The number of thiazole rings is 1. The second-order valence-corrected chi connectivity index (χ2v) is 11.6. The number of urea groups is 1. The predicted molar refractivity (Wildman–Crippen MR) is 157 cm³/mol. The topological polar surface area (TPSA) is 91.3 Å². The van der Waals surface area contributed by atoms with Crippen molar-refractivity contribution in [2.24, 2.45) is 0 Å². The molecule has 0 saturated carbocycles. The number of carbonyl (C=O) groups is 2. The van der Waals surface area contributed by atoms with Crippen LogP contribution in [0.15, 0.2) is 41.9 Å². The first-order valence-electron chi connectivity index (χ1n) is 14.2. The average Bonchev–Trinajstić information content (AvgIpc) is 3.54. The van der Waals surface area contributed by atoms with Gasteiger partial charge in [0.05, 0.1) is 19.2 Å². The monoisotopic (exact) mass is 576 g/mol. The number of fused-ring (bicyclic) bond motifs is 1. The summed E-state index contributed by atoms with van der Waals surface area (Å²) in [5.74, 6) is 2.59. The second kappa shape index (κ2) is 11.9. The van der Waals surface area contributed by atoms with Gasteiger partial charge in [-0.15, -0.1) is 11.3 Å². The van der Waals surface area contributed by atoms with Crippen LogP contribution in [-0.2, 0) is 13.0 Å². The van der Waals surface area contributed by atoms with Crippen LogP contribution < -0.4 is 14.4 Å². The maximum absolute atomic E-state index is 13.4. The summed E-state index contributed by atoms with van der Waals surface area (Å²) in [6.45, 7) is 5.58. The number of methoxy groups -OCH3 is 2. The van der Waals surface area contributed by atoms with Crippen molar-refractivity contribution in [2.45, 2.75) is 31.7 Å². The van der Waals surface area contributed by atoms with Gasteiger partial charge in [0.15, 0.2) is 11.5 Å². The number of nitrogens with zero attached hydrogens (tertiary/aromatic N) is 6. The normalized spacial score (nSPS) is 17.8. The summed E-state index contributed by atoms with van der Waals surface area (Å²) in [4.78, 5) is 43.8. The van der Waals surface area contributed by atoms with E-state index in [4.69, 9.17) is 14.5 Å². The molecular formula is C30H36N6O4S. The van der Waals surface area contributed by atoms with E-state index in [0.717, 1.165) is 48.7 Å². The second-order valence-electron chi connectivity index (χ2n) is 10.7. The highest BCUT2D eigenvalue weighted by molar-refractivity contribution is 7.09. The molecule has 10 nitrogen and oxygen atoms in total. The highest BCUT2D eigenvalue weighted by Gasteiger charge is 2.31. The zero-order chi connectivity index (χ0) is 28.3. The highest BCUT2D eigenvalue weighted by atomic mass is 32.1. The van der Waals surface area contributed by atoms with E-state index < -0.39 is 0 Å². The molecule has 41 heavy (non-hydrogen) atoms. The number of anilines is 1. The summed E-state index contributed by atoms with van der Waals surface area (Å²) in [6.07, 6.45) is 4.29. The fraction of sp³-hybridized carbons (Fsp3) is 0.467. The average molecular weight is 577 g/mol. The van der Waals surface area contributed by atoms with E-state index in [9.17, 15) is 9.59 Å². The Balaban J connectivity index is 1.01. The van der Waals surface area contributed by atoms with Crippen molar-refractivity contribution >= 4 is 29.1 Å². The molecular weight excluding hydrogens is 540 g/mol. The van der Waals surface area contributed by atoms with Gasteiger partial charge in [-0.1, -0.05) is 6.07 Å². The largest absolute Gasteiger partial charge is 0.493 e. The molecule has 0 aliphatic carbocycles. The summed E-state index contributed by atoms with van der Waals surface area (Å²) in [6, 6.07) is 10.0. The number of benzene rings is 1. The lowest BCUT2D eigenvalue weighted by atomic mass is 9.97. The predicted octanol–water partition coefficient (Wildman–Crippen LogP) is 3.88. The summed E-state index contributed by atoms with van der Waals surface area (Å²) >= 11 is 1.56. The Hall–Kier alpha value is -3.86. The summed E-state index contributed by atoms with van der Waals surface area (Å²) < 4.78 is 10.9. The first kappa shape index (κ1) is 27.3. The van der Waals surface area contributed by atoms with Crippen molar-refractivity contribution in [1.29, 1.82) is 0 Å². The van der Waals surface area contributed by atoms with Crippen molar-refractivity contribution < 1.29 is 19.1 Å². The van der Waals surface area contributed by atoms with E-state index in [1.54, 1.807) is 31.8 Å². The van der Waals surface area contributed by atoms with Gasteiger partial charge >= 0.3 is 6.03 Å². The number of pyridine rings is 1. The van der Waals surface area contributed by atoms with Gasteiger partial charge in [-0.05, 0) is 54.7 Å². The number of likely N-dealkylation sites (tertiary alicyclic amines) is 1. The molecule has 0 atom stereocenters. The molecule has 3 amide bonds. The lowest BCUT2D eigenvalue weighted by Crippen LogP contribution is -2.54.